The molecule has 80 valence electrons. The summed E-state index contributed by atoms with van der Waals surface area (Å²) >= 11 is 8.12. The first-order valence-corrected chi connectivity index (χ1v) is 7.95. The van der Waals surface area contributed by atoms with Gasteiger partial charge in [0.05, 0.1) is 0 Å². The number of hydrogen-bond acceptors (Lipinski definition) is 3. The zero-order chi connectivity index (χ0) is 11.6. The zero-order valence-electron chi connectivity index (χ0n) is 9.41. The molecule has 0 aromatic heterocycles. The van der Waals surface area contributed by atoms with E-state index in [1.165, 1.54) is 0 Å². The molecule has 0 spiro atoms. The SMILES string of the molecule is [Li][CH2]C(SCC=C)(SCC=C)SCC=C. The van der Waals surface area contributed by atoms with Gasteiger partial charge in [0.1, 0.15) is 0 Å². The van der Waals surface area contributed by atoms with Gasteiger partial charge in [-0.1, -0.05) is 0 Å². The molecule has 0 rings (SSSR count). The molecule has 0 N–H and O–H groups in total. The topological polar surface area (TPSA) is 0 Å². The van der Waals surface area contributed by atoms with Crippen molar-refractivity contribution in [1.82, 2.24) is 0 Å². The van der Waals surface area contributed by atoms with Crippen molar-refractivity contribution in [3.8, 4) is 0 Å². The molecule has 0 fully saturated rings. The first-order chi connectivity index (χ1) is 7.24. The van der Waals surface area contributed by atoms with E-state index in [4.69, 9.17) is 0 Å². The van der Waals surface area contributed by atoms with Gasteiger partial charge in [-0.25, -0.2) is 0 Å². The van der Waals surface area contributed by atoms with Crippen LogP contribution in [0.1, 0.15) is 0 Å². The van der Waals surface area contributed by atoms with Gasteiger partial charge in [0.25, 0.3) is 0 Å². The molecule has 0 aliphatic carbocycles. The minimum atomic E-state index is 0.233. The summed E-state index contributed by atoms with van der Waals surface area (Å²) < 4.78 is 0.233. The van der Waals surface area contributed by atoms with Crippen LogP contribution in [0.3, 0.4) is 0 Å². The van der Waals surface area contributed by atoms with Crippen LogP contribution in [0, 0.1) is 0 Å². The van der Waals surface area contributed by atoms with E-state index in [0.717, 1.165) is 22.4 Å². The molecule has 0 aromatic rings. The normalized spacial score (nSPS) is 11.1. The quantitative estimate of drug-likeness (QED) is 0.328. The van der Waals surface area contributed by atoms with E-state index in [-0.39, 0.29) is 3.41 Å². The maximum atomic E-state index is 3.78. The summed E-state index contributed by atoms with van der Waals surface area (Å²) in [5, 5.41) is 1.14. The third-order valence-corrected chi connectivity index (χ3v) is 7.21. The fourth-order valence-corrected chi connectivity index (χ4v) is 4.94. The molecule has 0 radical (unpaired) electrons. The van der Waals surface area contributed by atoms with Gasteiger partial charge in [-0.05, 0) is 0 Å². The van der Waals surface area contributed by atoms with Crippen LogP contribution in [-0.4, -0.2) is 38.4 Å². The van der Waals surface area contributed by atoms with Crippen molar-refractivity contribution in [2.45, 2.75) is 8.50 Å². The summed E-state index contributed by atoms with van der Waals surface area (Å²) in [5.41, 5.74) is 0. The maximum absolute atomic E-state index is 3.78. The van der Waals surface area contributed by atoms with E-state index in [0.29, 0.717) is 0 Å². The predicted octanol–water partition coefficient (Wildman–Crippen LogP) is 3.98. The van der Waals surface area contributed by atoms with Crippen molar-refractivity contribution in [3.63, 3.8) is 0 Å². The van der Waals surface area contributed by atoms with Crippen LogP contribution in [0.2, 0.25) is 5.09 Å². The molecule has 0 aromatic carbocycles. The molecule has 0 aliphatic heterocycles. The summed E-state index contributed by atoms with van der Waals surface area (Å²) in [6, 6.07) is 0. The van der Waals surface area contributed by atoms with Crippen molar-refractivity contribution >= 4 is 53.0 Å². The number of hydrogen-bond donors (Lipinski definition) is 0. The van der Waals surface area contributed by atoms with Crippen LogP contribution in [0.5, 0.6) is 0 Å². The Morgan fingerprint density at radius 3 is 1.40 bits per heavy atom. The van der Waals surface area contributed by atoms with E-state index >= 15 is 0 Å². The minimum absolute atomic E-state index is 0.233. The second kappa shape index (κ2) is 10.0. The van der Waals surface area contributed by atoms with Crippen LogP contribution in [-0.2, 0) is 0 Å². The van der Waals surface area contributed by atoms with E-state index < -0.39 is 0 Å². The van der Waals surface area contributed by atoms with E-state index in [1.807, 2.05) is 53.5 Å². The standard InChI is InChI=1S/C11H17S3.Li/c1-5-8-12-11(4,13-9-6-2)14-10-7-3;/h5-7H,1-4,8-10H2;. The van der Waals surface area contributed by atoms with Crippen LogP contribution in [0.4, 0.5) is 0 Å². The summed E-state index contributed by atoms with van der Waals surface area (Å²) in [6.07, 6.45) is 5.91. The van der Waals surface area contributed by atoms with Gasteiger partial charge in [0.15, 0.2) is 0 Å². The molecule has 0 unspecified atom stereocenters. The molecular formula is C11H17LiS3. The Balaban J connectivity index is 4.34. The fraction of sp³-hybridized carbons (Fsp3) is 0.455. The van der Waals surface area contributed by atoms with E-state index in [9.17, 15) is 0 Å². The second-order valence-corrected chi connectivity index (χ2v) is 7.57. The predicted molar refractivity (Wildman–Crippen MR) is 81.3 cm³/mol. The molecule has 0 bridgehead atoms. The summed E-state index contributed by atoms with van der Waals surface area (Å²) in [7, 11) is 0. The Labute approximate surface area is 116 Å². The summed E-state index contributed by atoms with van der Waals surface area (Å²) in [4.78, 5) is 0. The molecular weight excluding hydrogens is 235 g/mol. The molecule has 0 saturated heterocycles. The molecule has 15 heavy (non-hydrogen) atoms. The first kappa shape index (κ1) is 15.9. The third kappa shape index (κ3) is 6.92. The molecule has 0 heterocycles. The van der Waals surface area contributed by atoms with E-state index in [2.05, 4.69) is 37.5 Å². The monoisotopic (exact) mass is 252 g/mol. The average Bonchev–Trinajstić information content (AvgIpc) is 2.29. The fourth-order valence-electron chi connectivity index (χ4n) is 0.989. The van der Waals surface area contributed by atoms with Gasteiger partial charge in [0, 0.05) is 0 Å². The average molecular weight is 252 g/mol. The van der Waals surface area contributed by atoms with Gasteiger partial charge >= 0.3 is 117 Å². The third-order valence-electron chi connectivity index (χ3n) is 1.70. The van der Waals surface area contributed by atoms with Gasteiger partial charge in [-0.3, -0.25) is 0 Å². The van der Waals surface area contributed by atoms with E-state index in [1.54, 1.807) is 0 Å². The Kier molecular flexibility index (Phi) is 10.6. The molecule has 0 saturated carbocycles. The van der Waals surface area contributed by atoms with Crippen molar-refractivity contribution in [2.75, 3.05) is 17.3 Å². The van der Waals surface area contributed by atoms with Gasteiger partial charge < -0.3 is 0 Å². The van der Waals surface area contributed by atoms with Gasteiger partial charge in [-0.15, -0.1) is 0 Å². The van der Waals surface area contributed by atoms with Crippen LogP contribution < -0.4 is 0 Å². The van der Waals surface area contributed by atoms with Crippen LogP contribution >= 0.6 is 35.3 Å². The number of thioether (sulfide) groups is 3. The van der Waals surface area contributed by atoms with Crippen molar-refractivity contribution in [1.29, 1.82) is 0 Å². The Bertz CT molecular complexity index is 173. The summed E-state index contributed by atoms with van der Waals surface area (Å²) in [5.74, 6) is 3.01. The number of rotatable bonds is 10. The second-order valence-electron chi connectivity index (χ2n) is 2.84. The first-order valence-electron chi connectivity index (χ1n) is 4.99. The van der Waals surface area contributed by atoms with Crippen LogP contribution in [0.25, 0.3) is 0 Å². The molecule has 4 heteroatoms. The van der Waals surface area contributed by atoms with Crippen LogP contribution in [0.15, 0.2) is 38.0 Å². The van der Waals surface area contributed by atoms with Gasteiger partial charge in [-0.2, -0.15) is 0 Å². The van der Waals surface area contributed by atoms with Crippen molar-refractivity contribution < 1.29 is 0 Å². The molecule has 0 atom stereocenters. The van der Waals surface area contributed by atoms with Gasteiger partial charge in [0.2, 0.25) is 0 Å². The molecule has 0 aliphatic rings. The molecule has 0 nitrogen and oxygen atoms in total. The van der Waals surface area contributed by atoms with Crippen molar-refractivity contribution in [2.24, 2.45) is 0 Å². The van der Waals surface area contributed by atoms with Crippen molar-refractivity contribution in [3.05, 3.63) is 38.0 Å². The Hall–Kier alpha value is 0.867. The Morgan fingerprint density at radius 2 is 1.20 bits per heavy atom. The Morgan fingerprint density at radius 1 is 0.867 bits per heavy atom. The summed E-state index contributed by atoms with van der Waals surface area (Å²) in [6.45, 7) is 11.3. The zero-order valence-corrected chi connectivity index (χ0v) is 11.9. The molecule has 0 amide bonds.